The maximum atomic E-state index is 4.47. The fourth-order valence-electron chi connectivity index (χ4n) is 3.78. The molecule has 0 unspecified atom stereocenters. The maximum absolute atomic E-state index is 4.47. The van der Waals surface area contributed by atoms with Crippen LogP contribution in [0.15, 0.2) is 47.6 Å². The van der Waals surface area contributed by atoms with E-state index in [1.54, 1.807) is 0 Å². The molecule has 1 aromatic heterocycles. The number of nitrogens with zero attached hydrogens (tertiary/aromatic N) is 4. The van der Waals surface area contributed by atoms with Gasteiger partial charge in [0.15, 0.2) is 5.96 Å². The van der Waals surface area contributed by atoms with Crippen molar-refractivity contribution in [3.63, 3.8) is 0 Å². The van der Waals surface area contributed by atoms with Gasteiger partial charge in [-0.3, -0.25) is 9.89 Å². The molecule has 0 bridgehead atoms. The van der Waals surface area contributed by atoms with Gasteiger partial charge in [-0.05, 0) is 49.2 Å². The molecule has 0 atom stereocenters. The summed E-state index contributed by atoms with van der Waals surface area (Å²) >= 11 is 0. The minimum atomic E-state index is 0. The smallest absolute Gasteiger partial charge is 0.194 e. The van der Waals surface area contributed by atoms with Gasteiger partial charge in [-0.2, -0.15) is 0 Å². The Kier molecular flexibility index (Phi) is 9.31. The number of hydrogen-bond acceptors (Lipinski definition) is 2. The number of piperidine rings is 1. The van der Waals surface area contributed by atoms with Crippen molar-refractivity contribution >= 4 is 29.9 Å². The molecule has 28 heavy (non-hydrogen) atoms. The molecule has 6 heteroatoms. The zero-order valence-electron chi connectivity index (χ0n) is 17.4. The molecule has 2 aromatic rings. The number of likely N-dealkylation sites (tertiary alicyclic amines) is 1. The van der Waals surface area contributed by atoms with Crippen LogP contribution in [-0.4, -0.2) is 47.5 Å². The highest BCUT2D eigenvalue weighted by atomic mass is 127. The fourth-order valence-corrected chi connectivity index (χ4v) is 3.78. The molecule has 1 N–H and O–H groups in total. The van der Waals surface area contributed by atoms with Crippen LogP contribution in [0.2, 0.25) is 0 Å². The molecular weight excluding hydrogens is 461 g/mol. The first-order valence-electron chi connectivity index (χ1n) is 9.98. The fraction of sp³-hybridized carbons (Fsp3) is 0.500. The second-order valence-electron chi connectivity index (χ2n) is 7.47. The molecule has 1 aromatic carbocycles. The number of rotatable bonds is 6. The van der Waals surface area contributed by atoms with Gasteiger partial charge in [-0.25, -0.2) is 0 Å². The zero-order chi connectivity index (χ0) is 19.1. The number of aromatic nitrogens is 1. The van der Waals surface area contributed by atoms with E-state index in [0.29, 0.717) is 0 Å². The number of nitrogens with one attached hydrogen (secondary N) is 1. The number of halogens is 1. The summed E-state index contributed by atoms with van der Waals surface area (Å²) in [4.78, 5) is 9.22. The van der Waals surface area contributed by atoms with E-state index >= 15 is 0 Å². The lowest BCUT2D eigenvalue weighted by molar-refractivity contribution is 0.220. The predicted molar refractivity (Wildman–Crippen MR) is 128 cm³/mol. The Bertz CT molecular complexity index is 749. The Morgan fingerprint density at radius 2 is 1.79 bits per heavy atom. The Morgan fingerprint density at radius 3 is 2.43 bits per heavy atom. The lowest BCUT2D eigenvalue weighted by Gasteiger charge is -2.27. The van der Waals surface area contributed by atoms with Crippen molar-refractivity contribution in [1.29, 1.82) is 0 Å². The molecule has 1 aliphatic heterocycles. The van der Waals surface area contributed by atoms with E-state index in [1.807, 2.05) is 7.05 Å². The van der Waals surface area contributed by atoms with Crippen LogP contribution in [0.1, 0.15) is 36.1 Å². The van der Waals surface area contributed by atoms with Gasteiger partial charge in [0.2, 0.25) is 0 Å². The number of benzene rings is 1. The Morgan fingerprint density at radius 1 is 1.07 bits per heavy atom. The van der Waals surface area contributed by atoms with Crippen LogP contribution < -0.4 is 5.32 Å². The van der Waals surface area contributed by atoms with E-state index in [2.05, 4.69) is 81.4 Å². The minimum Gasteiger partial charge on any atom is -0.353 e. The molecule has 0 spiro atoms. The summed E-state index contributed by atoms with van der Waals surface area (Å²) < 4.78 is 2.15. The third-order valence-electron chi connectivity index (χ3n) is 5.42. The SMILES string of the molecule is CN=C(NCc1ccccc1CN1CCCCC1)N(C)Cc1cccn1C.I. The number of hydrogen-bond donors (Lipinski definition) is 1. The van der Waals surface area contributed by atoms with Gasteiger partial charge < -0.3 is 14.8 Å². The molecule has 1 saturated heterocycles. The molecule has 5 nitrogen and oxygen atoms in total. The molecule has 0 amide bonds. The van der Waals surface area contributed by atoms with Crippen molar-refractivity contribution in [2.24, 2.45) is 12.0 Å². The second kappa shape index (κ2) is 11.5. The molecule has 3 rings (SSSR count). The summed E-state index contributed by atoms with van der Waals surface area (Å²) in [5.41, 5.74) is 4.05. The Hall–Kier alpha value is -1.54. The standard InChI is InChI=1S/C22H33N5.HI/c1-23-22(26(3)18-21-12-9-13-25(21)2)24-16-19-10-5-6-11-20(19)17-27-14-7-4-8-15-27;/h5-6,9-13H,4,7-8,14-18H2,1-3H3,(H,23,24);1H. The van der Waals surface area contributed by atoms with E-state index in [0.717, 1.165) is 25.6 Å². The van der Waals surface area contributed by atoms with Crippen molar-refractivity contribution in [2.75, 3.05) is 27.2 Å². The van der Waals surface area contributed by atoms with Crippen LogP contribution in [0, 0.1) is 0 Å². The van der Waals surface area contributed by atoms with Crippen LogP contribution in [0.4, 0.5) is 0 Å². The summed E-state index contributed by atoms with van der Waals surface area (Å²) in [5.74, 6) is 0.920. The van der Waals surface area contributed by atoms with Crippen molar-refractivity contribution in [3.8, 4) is 0 Å². The molecule has 0 saturated carbocycles. The molecule has 1 aliphatic rings. The lowest BCUT2D eigenvalue weighted by atomic mass is 10.0. The van der Waals surface area contributed by atoms with Crippen molar-refractivity contribution in [3.05, 3.63) is 59.4 Å². The van der Waals surface area contributed by atoms with Crippen LogP contribution in [0.25, 0.3) is 0 Å². The zero-order valence-corrected chi connectivity index (χ0v) is 19.7. The van der Waals surface area contributed by atoms with Crippen LogP contribution in [-0.2, 0) is 26.7 Å². The summed E-state index contributed by atoms with van der Waals surface area (Å²) in [6.07, 6.45) is 6.12. The summed E-state index contributed by atoms with van der Waals surface area (Å²) in [6, 6.07) is 13.0. The average Bonchev–Trinajstić information content (AvgIpc) is 3.09. The van der Waals surface area contributed by atoms with Crippen molar-refractivity contribution in [2.45, 2.75) is 38.9 Å². The first-order valence-corrected chi connectivity index (χ1v) is 9.98. The summed E-state index contributed by atoms with van der Waals surface area (Å²) in [5, 5.41) is 3.54. The average molecular weight is 495 g/mol. The highest BCUT2D eigenvalue weighted by molar-refractivity contribution is 14.0. The van der Waals surface area contributed by atoms with Gasteiger partial charge >= 0.3 is 0 Å². The topological polar surface area (TPSA) is 35.8 Å². The van der Waals surface area contributed by atoms with E-state index in [-0.39, 0.29) is 24.0 Å². The van der Waals surface area contributed by atoms with Gasteiger partial charge in [-0.1, -0.05) is 30.7 Å². The van der Waals surface area contributed by atoms with E-state index in [4.69, 9.17) is 0 Å². The molecule has 1 fully saturated rings. The molecule has 0 radical (unpaired) electrons. The monoisotopic (exact) mass is 495 g/mol. The van der Waals surface area contributed by atoms with Crippen molar-refractivity contribution in [1.82, 2.24) is 19.7 Å². The van der Waals surface area contributed by atoms with E-state index in [1.165, 1.54) is 49.2 Å². The Balaban J connectivity index is 0.00000280. The van der Waals surface area contributed by atoms with Gasteiger partial charge in [-0.15, -0.1) is 24.0 Å². The van der Waals surface area contributed by atoms with E-state index in [9.17, 15) is 0 Å². The second-order valence-corrected chi connectivity index (χ2v) is 7.47. The van der Waals surface area contributed by atoms with Crippen LogP contribution in [0.3, 0.4) is 0 Å². The minimum absolute atomic E-state index is 0. The highest BCUT2D eigenvalue weighted by Crippen LogP contribution is 2.16. The maximum Gasteiger partial charge on any atom is 0.194 e. The third kappa shape index (κ3) is 6.24. The van der Waals surface area contributed by atoms with Gasteiger partial charge in [0.1, 0.15) is 0 Å². The lowest BCUT2D eigenvalue weighted by Crippen LogP contribution is -2.38. The van der Waals surface area contributed by atoms with Crippen molar-refractivity contribution < 1.29 is 0 Å². The molecule has 0 aliphatic carbocycles. The molecular formula is C22H34IN5. The molecule has 154 valence electrons. The van der Waals surface area contributed by atoms with Crippen LogP contribution in [0.5, 0.6) is 0 Å². The molecule has 2 heterocycles. The van der Waals surface area contributed by atoms with Gasteiger partial charge in [0.25, 0.3) is 0 Å². The number of aliphatic imine (C=N–C) groups is 1. The first-order chi connectivity index (χ1) is 13.2. The first kappa shape index (κ1) is 22.7. The summed E-state index contributed by atoms with van der Waals surface area (Å²) in [7, 11) is 6.02. The largest absolute Gasteiger partial charge is 0.353 e. The Labute approximate surface area is 186 Å². The van der Waals surface area contributed by atoms with E-state index < -0.39 is 0 Å². The number of guanidine groups is 1. The number of aryl methyl sites for hydroxylation is 1. The normalized spacial score (nSPS) is 15.2. The highest BCUT2D eigenvalue weighted by Gasteiger charge is 2.13. The summed E-state index contributed by atoms with van der Waals surface area (Å²) in [6.45, 7) is 5.13. The van der Waals surface area contributed by atoms with Gasteiger partial charge in [0, 0.05) is 46.1 Å². The van der Waals surface area contributed by atoms with Gasteiger partial charge in [0.05, 0.1) is 6.54 Å². The quantitative estimate of drug-likeness (QED) is 0.376. The predicted octanol–water partition coefficient (Wildman–Crippen LogP) is 3.84. The third-order valence-corrected chi connectivity index (χ3v) is 5.42. The van der Waals surface area contributed by atoms with Crippen LogP contribution >= 0.6 is 24.0 Å².